The molecule has 8 heteroatoms. The minimum atomic E-state index is -0.0510. The summed E-state index contributed by atoms with van der Waals surface area (Å²) in [6.07, 6.45) is 3.29. The normalized spacial score (nSPS) is 17.6. The molecule has 1 aliphatic rings. The maximum absolute atomic E-state index is 12.7. The first-order valence-corrected chi connectivity index (χ1v) is 8.47. The summed E-state index contributed by atoms with van der Waals surface area (Å²) < 4.78 is 1.53. The van der Waals surface area contributed by atoms with E-state index in [4.69, 9.17) is 0 Å². The number of piperidine rings is 1. The second-order valence-corrected chi connectivity index (χ2v) is 6.55. The van der Waals surface area contributed by atoms with Gasteiger partial charge in [0, 0.05) is 30.6 Å². The van der Waals surface area contributed by atoms with Gasteiger partial charge in [-0.25, -0.2) is 4.68 Å². The number of hydrogen-bond acceptors (Lipinski definition) is 5. The van der Waals surface area contributed by atoms with E-state index >= 15 is 0 Å². The van der Waals surface area contributed by atoms with Crippen molar-refractivity contribution >= 4 is 11.8 Å². The highest BCUT2D eigenvalue weighted by Gasteiger charge is 2.26. The molecule has 1 fully saturated rings. The molecule has 3 rings (SSSR count). The summed E-state index contributed by atoms with van der Waals surface area (Å²) in [6, 6.07) is 7.19. The van der Waals surface area contributed by atoms with Gasteiger partial charge >= 0.3 is 0 Å². The summed E-state index contributed by atoms with van der Waals surface area (Å²) in [7, 11) is 0. The van der Waals surface area contributed by atoms with E-state index in [1.165, 1.54) is 11.0 Å². The molecule has 0 aliphatic carbocycles. The van der Waals surface area contributed by atoms with E-state index in [1.54, 1.807) is 17.0 Å². The van der Waals surface area contributed by atoms with Crippen molar-refractivity contribution in [1.82, 2.24) is 30.4 Å². The summed E-state index contributed by atoms with van der Waals surface area (Å²) in [4.78, 5) is 26.4. The van der Waals surface area contributed by atoms with Crippen LogP contribution < -0.4 is 5.32 Å². The summed E-state index contributed by atoms with van der Waals surface area (Å²) >= 11 is 0. The number of aromatic nitrogens is 4. The fourth-order valence-corrected chi connectivity index (χ4v) is 2.87. The standard InChI is InChI=1S/C17H22N6O2/c1-12(2)16(24)19-14-4-3-9-22(10-14)17(25)13-5-7-15(8-6-13)23-11-18-20-21-23/h5-8,11-12,14H,3-4,9-10H2,1-2H3,(H,19,24). The lowest BCUT2D eigenvalue weighted by Gasteiger charge is -2.33. The molecule has 8 nitrogen and oxygen atoms in total. The number of benzene rings is 1. The zero-order chi connectivity index (χ0) is 17.8. The lowest BCUT2D eigenvalue weighted by Crippen LogP contribution is -2.50. The molecule has 1 aromatic heterocycles. The Morgan fingerprint density at radius 2 is 2.00 bits per heavy atom. The lowest BCUT2D eigenvalue weighted by atomic mass is 10.0. The van der Waals surface area contributed by atoms with Crippen LogP contribution in [0.4, 0.5) is 0 Å². The molecule has 0 radical (unpaired) electrons. The van der Waals surface area contributed by atoms with Crippen LogP contribution in [0.25, 0.3) is 5.69 Å². The molecule has 2 heterocycles. The maximum atomic E-state index is 12.7. The molecule has 1 aromatic carbocycles. The molecule has 0 bridgehead atoms. The smallest absolute Gasteiger partial charge is 0.253 e. The van der Waals surface area contributed by atoms with Crippen LogP contribution in [0.5, 0.6) is 0 Å². The summed E-state index contributed by atoms with van der Waals surface area (Å²) in [5.41, 5.74) is 1.41. The SMILES string of the molecule is CC(C)C(=O)NC1CCCN(C(=O)c2ccc(-n3cnnn3)cc2)C1. The molecular formula is C17H22N6O2. The quantitative estimate of drug-likeness (QED) is 0.896. The lowest BCUT2D eigenvalue weighted by molar-refractivity contribution is -0.125. The Bertz CT molecular complexity index is 726. The van der Waals surface area contributed by atoms with E-state index < -0.39 is 0 Å². The molecular weight excluding hydrogens is 320 g/mol. The Hall–Kier alpha value is -2.77. The van der Waals surface area contributed by atoms with Crippen molar-refractivity contribution in [3.8, 4) is 5.69 Å². The zero-order valence-corrected chi connectivity index (χ0v) is 14.4. The average Bonchev–Trinajstić information content (AvgIpc) is 3.16. The van der Waals surface area contributed by atoms with Crippen molar-refractivity contribution in [1.29, 1.82) is 0 Å². The Morgan fingerprint density at radius 3 is 2.64 bits per heavy atom. The van der Waals surface area contributed by atoms with Crippen molar-refractivity contribution in [3.05, 3.63) is 36.2 Å². The van der Waals surface area contributed by atoms with Gasteiger partial charge in [0.15, 0.2) is 0 Å². The second kappa shape index (κ2) is 7.42. The van der Waals surface area contributed by atoms with Gasteiger partial charge in [0.1, 0.15) is 6.33 Å². The predicted octanol–water partition coefficient (Wildman–Crippen LogP) is 1.04. The summed E-state index contributed by atoms with van der Waals surface area (Å²) in [6.45, 7) is 4.99. The van der Waals surface area contributed by atoms with Crippen molar-refractivity contribution in [2.45, 2.75) is 32.7 Å². The maximum Gasteiger partial charge on any atom is 0.253 e. The van der Waals surface area contributed by atoms with Crippen LogP contribution >= 0.6 is 0 Å². The first kappa shape index (κ1) is 17.1. The zero-order valence-electron chi connectivity index (χ0n) is 14.4. The predicted molar refractivity (Wildman–Crippen MR) is 91.1 cm³/mol. The minimum Gasteiger partial charge on any atom is -0.351 e. The molecule has 1 saturated heterocycles. The Kier molecular flexibility index (Phi) is 5.06. The van der Waals surface area contributed by atoms with E-state index in [9.17, 15) is 9.59 Å². The van der Waals surface area contributed by atoms with Crippen molar-refractivity contribution in [2.75, 3.05) is 13.1 Å². The number of nitrogens with zero attached hydrogens (tertiary/aromatic N) is 5. The number of tetrazole rings is 1. The third kappa shape index (κ3) is 4.01. The van der Waals surface area contributed by atoms with Crippen LogP contribution in [0.15, 0.2) is 30.6 Å². The van der Waals surface area contributed by atoms with Gasteiger partial charge in [0.25, 0.3) is 5.91 Å². The molecule has 25 heavy (non-hydrogen) atoms. The van der Waals surface area contributed by atoms with Gasteiger partial charge in [-0.05, 0) is 47.5 Å². The van der Waals surface area contributed by atoms with Gasteiger partial charge in [0.2, 0.25) is 5.91 Å². The van der Waals surface area contributed by atoms with E-state index in [2.05, 4.69) is 20.8 Å². The fraction of sp³-hybridized carbons (Fsp3) is 0.471. The fourth-order valence-electron chi connectivity index (χ4n) is 2.87. The molecule has 1 N–H and O–H groups in total. The van der Waals surface area contributed by atoms with Crippen LogP contribution in [0.3, 0.4) is 0 Å². The second-order valence-electron chi connectivity index (χ2n) is 6.55. The van der Waals surface area contributed by atoms with Gasteiger partial charge in [-0.1, -0.05) is 13.8 Å². The number of carbonyl (C=O) groups excluding carboxylic acids is 2. The van der Waals surface area contributed by atoms with Crippen LogP contribution in [-0.2, 0) is 4.79 Å². The number of amides is 2. The molecule has 0 spiro atoms. The Balaban J connectivity index is 1.65. The molecule has 1 atom stereocenters. The van der Waals surface area contributed by atoms with Crippen LogP contribution in [-0.4, -0.2) is 56.1 Å². The molecule has 1 aliphatic heterocycles. The van der Waals surface area contributed by atoms with E-state index in [0.717, 1.165) is 18.5 Å². The monoisotopic (exact) mass is 342 g/mol. The van der Waals surface area contributed by atoms with E-state index in [0.29, 0.717) is 18.7 Å². The van der Waals surface area contributed by atoms with Crippen LogP contribution in [0.2, 0.25) is 0 Å². The van der Waals surface area contributed by atoms with E-state index in [1.807, 2.05) is 26.0 Å². The molecule has 132 valence electrons. The molecule has 1 unspecified atom stereocenters. The highest BCUT2D eigenvalue weighted by atomic mass is 16.2. The van der Waals surface area contributed by atoms with Gasteiger partial charge in [0.05, 0.1) is 5.69 Å². The number of hydrogen-bond donors (Lipinski definition) is 1. The Morgan fingerprint density at radius 1 is 1.24 bits per heavy atom. The highest BCUT2D eigenvalue weighted by molar-refractivity contribution is 5.94. The van der Waals surface area contributed by atoms with Gasteiger partial charge < -0.3 is 10.2 Å². The third-order valence-electron chi connectivity index (χ3n) is 4.31. The van der Waals surface area contributed by atoms with Gasteiger partial charge in [-0.15, -0.1) is 5.10 Å². The summed E-state index contributed by atoms with van der Waals surface area (Å²) in [5, 5.41) is 14.0. The highest BCUT2D eigenvalue weighted by Crippen LogP contribution is 2.16. The first-order valence-electron chi connectivity index (χ1n) is 8.47. The third-order valence-corrected chi connectivity index (χ3v) is 4.31. The molecule has 0 saturated carbocycles. The minimum absolute atomic E-state index is 0.0214. The van der Waals surface area contributed by atoms with Crippen LogP contribution in [0, 0.1) is 5.92 Å². The Labute approximate surface area is 146 Å². The topological polar surface area (TPSA) is 93.0 Å². The molecule has 2 aromatic rings. The van der Waals surface area contributed by atoms with Gasteiger partial charge in [-0.2, -0.15) is 0 Å². The number of likely N-dealkylation sites (tertiary alicyclic amines) is 1. The van der Waals surface area contributed by atoms with Crippen LogP contribution in [0.1, 0.15) is 37.0 Å². The first-order chi connectivity index (χ1) is 12.0. The van der Waals surface area contributed by atoms with Crippen molar-refractivity contribution in [2.24, 2.45) is 5.92 Å². The van der Waals surface area contributed by atoms with Gasteiger partial charge in [-0.3, -0.25) is 9.59 Å². The van der Waals surface area contributed by atoms with E-state index in [-0.39, 0.29) is 23.8 Å². The molecule has 2 amide bonds. The van der Waals surface area contributed by atoms with Crippen molar-refractivity contribution < 1.29 is 9.59 Å². The summed E-state index contributed by atoms with van der Waals surface area (Å²) in [5.74, 6) is -0.0400. The number of carbonyl (C=O) groups is 2. The average molecular weight is 342 g/mol. The number of nitrogens with one attached hydrogen (secondary N) is 1. The largest absolute Gasteiger partial charge is 0.351 e. The number of rotatable bonds is 4. The van der Waals surface area contributed by atoms with Crippen molar-refractivity contribution in [3.63, 3.8) is 0 Å².